The quantitative estimate of drug-likeness (QED) is 0.661. The Morgan fingerprint density at radius 1 is 1.07 bits per heavy atom. The lowest BCUT2D eigenvalue weighted by atomic mass is 9.69. The Hall–Kier alpha value is 0.310. The minimum absolute atomic E-state index is 0.526. The molecule has 2 saturated carbocycles. The van der Waals surface area contributed by atoms with E-state index in [9.17, 15) is 0 Å². The van der Waals surface area contributed by atoms with Crippen LogP contribution in [-0.4, -0.2) is 17.2 Å². The molecule has 3 fully saturated rings. The first-order valence-electron chi connectivity index (χ1n) is 6.27. The molecule has 0 aromatic rings. The molecule has 0 radical (unpaired) electrons. The fraction of sp³-hybridized carbons (Fsp3) is 1.00. The van der Waals surface area contributed by atoms with Gasteiger partial charge in [0.05, 0.1) is 4.87 Å². The minimum Gasteiger partial charge on any atom is -0.302 e. The van der Waals surface area contributed by atoms with Gasteiger partial charge in [-0.2, -0.15) is 0 Å². The summed E-state index contributed by atoms with van der Waals surface area (Å²) in [5, 5.41) is 3.77. The van der Waals surface area contributed by atoms with E-state index >= 15 is 0 Å². The third-order valence-corrected chi connectivity index (χ3v) is 5.98. The zero-order valence-corrected chi connectivity index (χ0v) is 9.74. The van der Waals surface area contributed by atoms with Crippen LogP contribution in [-0.2, 0) is 0 Å². The largest absolute Gasteiger partial charge is 0.302 e. The second kappa shape index (κ2) is 3.71. The Morgan fingerprint density at radius 3 is 2.71 bits per heavy atom. The molecule has 0 aromatic carbocycles. The maximum absolute atomic E-state index is 3.77. The van der Waals surface area contributed by atoms with E-state index in [4.69, 9.17) is 0 Å². The van der Waals surface area contributed by atoms with Gasteiger partial charge in [-0.05, 0) is 31.1 Å². The SMILES string of the molecule is C1CC[C@H]2C[C@]3(CC[C@@H]2C1)NCCS3. The third-order valence-electron chi connectivity index (χ3n) is 4.50. The zero-order valence-electron chi connectivity index (χ0n) is 8.93. The molecule has 1 N–H and O–H groups in total. The van der Waals surface area contributed by atoms with Crippen LogP contribution in [0.15, 0.2) is 0 Å². The van der Waals surface area contributed by atoms with Crippen LogP contribution in [0.5, 0.6) is 0 Å². The number of fused-ring (bicyclic) bond motifs is 1. The molecule has 0 unspecified atom stereocenters. The molecule has 2 heteroatoms. The van der Waals surface area contributed by atoms with Crippen molar-refractivity contribution in [3.63, 3.8) is 0 Å². The van der Waals surface area contributed by atoms with Gasteiger partial charge in [0.1, 0.15) is 0 Å². The summed E-state index contributed by atoms with van der Waals surface area (Å²) in [7, 11) is 0. The van der Waals surface area contributed by atoms with Crippen molar-refractivity contribution in [1.29, 1.82) is 0 Å². The molecule has 3 aliphatic rings. The summed E-state index contributed by atoms with van der Waals surface area (Å²) in [5.41, 5.74) is 0. The highest BCUT2D eigenvalue weighted by Crippen LogP contribution is 2.49. The Balaban J connectivity index is 1.70. The summed E-state index contributed by atoms with van der Waals surface area (Å²) in [5.74, 6) is 3.50. The van der Waals surface area contributed by atoms with Gasteiger partial charge in [0.25, 0.3) is 0 Å². The van der Waals surface area contributed by atoms with Crippen molar-refractivity contribution in [2.24, 2.45) is 11.8 Å². The van der Waals surface area contributed by atoms with E-state index < -0.39 is 0 Å². The van der Waals surface area contributed by atoms with Crippen molar-refractivity contribution in [1.82, 2.24) is 5.32 Å². The number of rotatable bonds is 0. The highest BCUT2D eigenvalue weighted by molar-refractivity contribution is 8.00. The molecular formula is C12H21NS. The average molecular weight is 211 g/mol. The summed E-state index contributed by atoms with van der Waals surface area (Å²) in [6.45, 7) is 1.25. The van der Waals surface area contributed by atoms with Gasteiger partial charge in [0.2, 0.25) is 0 Å². The van der Waals surface area contributed by atoms with Gasteiger partial charge in [-0.3, -0.25) is 0 Å². The molecule has 14 heavy (non-hydrogen) atoms. The first-order chi connectivity index (χ1) is 6.88. The highest BCUT2D eigenvalue weighted by Gasteiger charge is 2.43. The van der Waals surface area contributed by atoms with Crippen molar-refractivity contribution in [2.75, 3.05) is 12.3 Å². The van der Waals surface area contributed by atoms with Crippen molar-refractivity contribution in [3.8, 4) is 0 Å². The molecule has 1 saturated heterocycles. The Labute approximate surface area is 91.4 Å². The third kappa shape index (κ3) is 1.61. The fourth-order valence-corrected chi connectivity index (χ4v) is 5.14. The fourth-order valence-electron chi connectivity index (χ4n) is 3.75. The normalized spacial score (nSPS) is 48.0. The molecule has 0 aromatic heterocycles. The topological polar surface area (TPSA) is 12.0 Å². The lowest BCUT2D eigenvalue weighted by molar-refractivity contribution is 0.135. The van der Waals surface area contributed by atoms with Crippen molar-refractivity contribution in [3.05, 3.63) is 0 Å². The molecule has 3 rings (SSSR count). The first kappa shape index (κ1) is 9.53. The maximum atomic E-state index is 3.77. The predicted molar refractivity (Wildman–Crippen MR) is 62.5 cm³/mol. The van der Waals surface area contributed by atoms with Gasteiger partial charge in [0, 0.05) is 12.3 Å². The van der Waals surface area contributed by atoms with Crippen molar-refractivity contribution < 1.29 is 0 Å². The van der Waals surface area contributed by atoms with Gasteiger partial charge >= 0.3 is 0 Å². The molecule has 1 heterocycles. The predicted octanol–water partition coefficient (Wildman–Crippen LogP) is 3.01. The number of nitrogens with one attached hydrogen (secondary N) is 1. The zero-order chi connectivity index (χ0) is 9.43. The van der Waals surface area contributed by atoms with E-state index in [-0.39, 0.29) is 0 Å². The van der Waals surface area contributed by atoms with Crippen LogP contribution in [0, 0.1) is 11.8 Å². The smallest absolute Gasteiger partial charge is 0.0648 e. The summed E-state index contributed by atoms with van der Waals surface area (Å²) >= 11 is 2.21. The number of hydrogen-bond acceptors (Lipinski definition) is 2. The molecule has 2 aliphatic carbocycles. The van der Waals surface area contributed by atoms with E-state index in [2.05, 4.69) is 17.1 Å². The van der Waals surface area contributed by atoms with Crippen LogP contribution in [0.25, 0.3) is 0 Å². The van der Waals surface area contributed by atoms with Crippen LogP contribution in [0.4, 0.5) is 0 Å². The van der Waals surface area contributed by atoms with Gasteiger partial charge in [0.15, 0.2) is 0 Å². The van der Waals surface area contributed by atoms with E-state index in [0.29, 0.717) is 4.87 Å². The summed E-state index contributed by atoms with van der Waals surface area (Å²) in [6, 6.07) is 0. The lowest BCUT2D eigenvalue weighted by Crippen LogP contribution is -2.45. The first-order valence-corrected chi connectivity index (χ1v) is 7.26. The molecule has 1 nitrogen and oxygen atoms in total. The average Bonchev–Trinajstić information content (AvgIpc) is 2.66. The minimum atomic E-state index is 0.526. The van der Waals surface area contributed by atoms with Crippen molar-refractivity contribution in [2.45, 2.75) is 49.8 Å². The van der Waals surface area contributed by atoms with Crippen molar-refractivity contribution >= 4 is 11.8 Å². The molecule has 0 amide bonds. The van der Waals surface area contributed by atoms with Crippen LogP contribution in [0.2, 0.25) is 0 Å². The van der Waals surface area contributed by atoms with Gasteiger partial charge in [-0.15, -0.1) is 11.8 Å². The standard InChI is InChI=1S/C12H21NS/c1-2-4-11-9-12(13-7-8-14-12)6-5-10(11)3-1/h10-11,13H,1-9H2/t10-,11-,12+/m0/s1. The monoisotopic (exact) mass is 211 g/mol. The van der Waals surface area contributed by atoms with Crippen LogP contribution < -0.4 is 5.32 Å². The Bertz CT molecular complexity index is 210. The maximum Gasteiger partial charge on any atom is 0.0648 e. The van der Waals surface area contributed by atoms with Crippen LogP contribution in [0.1, 0.15) is 44.9 Å². The summed E-state index contributed by atoms with van der Waals surface area (Å²) in [4.78, 5) is 0.526. The van der Waals surface area contributed by atoms with E-state index in [0.717, 1.165) is 11.8 Å². The molecular weight excluding hydrogens is 190 g/mol. The summed E-state index contributed by atoms with van der Waals surface area (Å²) in [6.07, 6.45) is 10.5. The van der Waals surface area contributed by atoms with E-state index in [1.165, 1.54) is 57.2 Å². The number of hydrogen-bond donors (Lipinski definition) is 1. The number of thioether (sulfide) groups is 1. The van der Waals surface area contributed by atoms with Crippen LogP contribution in [0.3, 0.4) is 0 Å². The second-order valence-electron chi connectivity index (χ2n) is 5.32. The lowest BCUT2D eigenvalue weighted by Gasteiger charge is -2.44. The Morgan fingerprint density at radius 2 is 1.93 bits per heavy atom. The van der Waals surface area contributed by atoms with Gasteiger partial charge in [-0.1, -0.05) is 25.7 Å². The highest BCUT2D eigenvalue weighted by atomic mass is 32.2. The second-order valence-corrected chi connectivity index (χ2v) is 6.80. The molecule has 3 atom stereocenters. The molecule has 1 spiro atoms. The van der Waals surface area contributed by atoms with E-state index in [1.807, 2.05) is 0 Å². The molecule has 80 valence electrons. The van der Waals surface area contributed by atoms with Crippen LogP contribution >= 0.6 is 11.8 Å². The van der Waals surface area contributed by atoms with Gasteiger partial charge in [-0.25, -0.2) is 0 Å². The molecule has 1 aliphatic heterocycles. The molecule has 0 bridgehead atoms. The summed E-state index contributed by atoms with van der Waals surface area (Å²) < 4.78 is 0. The van der Waals surface area contributed by atoms with E-state index in [1.54, 1.807) is 0 Å². The Kier molecular flexibility index (Phi) is 2.53. The van der Waals surface area contributed by atoms with Gasteiger partial charge < -0.3 is 5.32 Å².